The largest absolute Gasteiger partial charge is 0.349 e. The summed E-state index contributed by atoms with van der Waals surface area (Å²) in [7, 11) is 0. The number of nitrogens with one attached hydrogen (secondary N) is 2. The lowest BCUT2D eigenvalue weighted by Crippen LogP contribution is -2.39. The number of likely N-dealkylation sites (N-methyl/N-ethyl adjacent to an activating group) is 1. The van der Waals surface area contributed by atoms with Crippen LogP contribution in [-0.2, 0) is 16.0 Å². The SMILES string of the molecule is CCN1C(=O)CC(NCCc2ncc[nH]2)C1=O. The van der Waals surface area contributed by atoms with Gasteiger partial charge in [0.05, 0.1) is 12.5 Å². The molecule has 1 aliphatic heterocycles. The molecule has 1 aliphatic rings. The molecule has 6 nitrogen and oxygen atoms in total. The second-order valence-electron chi connectivity index (χ2n) is 3.97. The van der Waals surface area contributed by atoms with Crippen LogP contribution in [0.5, 0.6) is 0 Å². The van der Waals surface area contributed by atoms with E-state index in [1.165, 1.54) is 4.90 Å². The van der Waals surface area contributed by atoms with Gasteiger partial charge in [-0.3, -0.25) is 14.5 Å². The predicted octanol–water partition coefficient (Wildman–Crippen LogP) is -0.311. The lowest BCUT2D eigenvalue weighted by molar-refractivity contribution is -0.138. The maximum atomic E-state index is 11.8. The zero-order valence-electron chi connectivity index (χ0n) is 9.77. The van der Waals surface area contributed by atoms with Crippen molar-refractivity contribution in [2.45, 2.75) is 25.8 Å². The van der Waals surface area contributed by atoms with Gasteiger partial charge < -0.3 is 10.3 Å². The molecule has 1 fully saturated rings. The zero-order valence-corrected chi connectivity index (χ0v) is 9.77. The molecular weight excluding hydrogens is 220 g/mol. The van der Waals surface area contributed by atoms with E-state index in [4.69, 9.17) is 0 Å². The number of H-pyrrole nitrogens is 1. The molecule has 0 aliphatic carbocycles. The van der Waals surface area contributed by atoms with Crippen LogP contribution in [0.25, 0.3) is 0 Å². The molecule has 92 valence electrons. The van der Waals surface area contributed by atoms with E-state index in [9.17, 15) is 9.59 Å². The summed E-state index contributed by atoms with van der Waals surface area (Å²) in [5.41, 5.74) is 0. The third-order valence-electron chi connectivity index (χ3n) is 2.87. The molecule has 0 radical (unpaired) electrons. The number of carbonyl (C=O) groups is 2. The highest BCUT2D eigenvalue weighted by Crippen LogP contribution is 2.12. The summed E-state index contributed by atoms with van der Waals surface area (Å²) < 4.78 is 0. The van der Waals surface area contributed by atoms with Crippen LogP contribution in [0.1, 0.15) is 19.2 Å². The molecule has 1 aromatic rings. The highest BCUT2D eigenvalue weighted by atomic mass is 16.2. The normalized spacial score (nSPS) is 20.3. The summed E-state index contributed by atoms with van der Waals surface area (Å²) in [6.45, 7) is 2.89. The maximum Gasteiger partial charge on any atom is 0.246 e. The third kappa shape index (κ3) is 2.52. The number of amides is 2. The van der Waals surface area contributed by atoms with Crippen LogP contribution >= 0.6 is 0 Å². The molecule has 1 unspecified atom stereocenters. The van der Waals surface area contributed by atoms with Crippen molar-refractivity contribution in [3.05, 3.63) is 18.2 Å². The Hall–Kier alpha value is -1.69. The second-order valence-corrected chi connectivity index (χ2v) is 3.97. The highest BCUT2D eigenvalue weighted by molar-refractivity contribution is 6.05. The monoisotopic (exact) mass is 236 g/mol. The lowest BCUT2D eigenvalue weighted by Gasteiger charge is -2.12. The van der Waals surface area contributed by atoms with Gasteiger partial charge in [-0.05, 0) is 6.92 Å². The number of nitrogens with zero attached hydrogens (tertiary/aromatic N) is 2. The van der Waals surface area contributed by atoms with Crippen LogP contribution in [0.3, 0.4) is 0 Å². The van der Waals surface area contributed by atoms with Crippen molar-refractivity contribution in [2.24, 2.45) is 0 Å². The van der Waals surface area contributed by atoms with Gasteiger partial charge in [-0.1, -0.05) is 0 Å². The first-order valence-corrected chi connectivity index (χ1v) is 5.78. The first-order chi connectivity index (χ1) is 8.22. The Labute approximate surface area is 99.4 Å². The molecule has 6 heteroatoms. The van der Waals surface area contributed by atoms with Gasteiger partial charge in [0.1, 0.15) is 5.82 Å². The minimum atomic E-state index is -0.364. The highest BCUT2D eigenvalue weighted by Gasteiger charge is 2.36. The van der Waals surface area contributed by atoms with Gasteiger partial charge in [0.15, 0.2) is 0 Å². The summed E-state index contributed by atoms with van der Waals surface area (Å²) in [5.74, 6) is 0.673. The van der Waals surface area contributed by atoms with Crippen molar-refractivity contribution in [1.82, 2.24) is 20.2 Å². The minimum absolute atomic E-state index is 0.0898. The lowest BCUT2D eigenvalue weighted by atomic mass is 10.2. The number of carbonyl (C=O) groups excluding carboxylic acids is 2. The number of rotatable bonds is 5. The summed E-state index contributed by atoms with van der Waals surface area (Å²) in [6.07, 6.45) is 4.44. The molecule has 1 atom stereocenters. The quantitative estimate of drug-likeness (QED) is 0.687. The van der Waals surface area contributed by atoms with E-state index >= 15 is 0 Å². The fourth-order valence-corrected chi connectivity index (χ4v) is 1.97. The van der Waals surface area contributed by atoms with Crippen molar-refractivity contribution in [1.29, 1.82) is 0 Å². The Morgan fingerprint density at radius 3 is 3.00 bits per heavy atom. The van der Waals surface area contributed by atoms with E-state index in [1.807, 2.05) is 0 Å². The van der Waals surface area contributed by atoms with E-state index in [1.54, 1.807) is 19.3 Å². The van der Waals surface area contributed by atoms with Crippen LogP contribution in [-0.4, -0.2) is 45.8 Å². The average Bonchev–Trinajstić information content (AvgIpc) is 2.89. The van der Waals surface area contributed by atoms with Gasteiger partial charge in [0.2, 0.25) is 11.8 Å². The number of imidazole rings is 1. The van der Waals surface area contributed by atoms with Crippen molar-refractivity contribution >= 4 is 11.8 Å². The van der Waals surface area contributed by atoms with Crippen molar-refractivity contribution in [3.63, 3.8) is 0 Å². The Morgan fingerprint density at radius 2 is 2.41 bits per heavy atom. The molecule has 1 saturated heterocycles. The van der Waals surface area contributed by atoms with E-state index in [2.05, 4.69) is 15.3 Å². The van der Waals surface area contributed by atoms with Crippen molar-refractivity contribution in [2.75, 3.05) is 13.1 Å². The van der Waals surface area contributed by atoms with Crippen LogP contribution in [0.4, 0.5) is 0 Å². The van der Waals surface area contributed by atoms with Gasteiger partial charge in [0, 0.05) is 31.9 Å². The second kappa shape index (κ2) is 5.09. The summed E-state index contributed by atoms with van der Waals surface area (Å²) in [5, 5.41) is 3.09. The Morgan fingerprint density at radius 1 is 1.59 bits per heavy atom. The number of aromatic nitrogens is 2. The first kappa shape index (κ1) is 11.8. The summed E-state index contributed by atoms with van der Waals surface area (Å²) >= 11 is 0. The summed E-state index contributed by atoms with van der Waals surface area (Å²) in [6, 6.07) is -0.364. The number of hydrogen-bond donors (Lipinski definition) is 2. The zero-order chi connectivity index (χ0) is 12.3. The Balaban J connectivity index is 1.80. The fraction of sp³-hybridized carbons (Fsp3) is 0.545. The first-order valence-electron chi connectivity index (χ1n) is 5.78. The van der Waals surface area contributed by atoms with Crippen LogP contribution in [0, 0.1) is 0 Å². The molecule has 2 heterocycles. The number of likely N-dealkylation sites (tertiary alicyclic amines) is 1. The Kier molecular flexibility index (Phi) is 3.53. The third-order valence-corrected chi connectivity index (χ3v) is 2.87. The predicted molar refractivity (Wildman–Crippen MR) is 61.1 cm³/mol. The topological polar surface area (TPSA) is 78.1 Å². The number of imide groups is 1. The van der Waals surface area contributed by atoms with Gasteiger partial charge in [0.25, 0.3) is 0 Å². The van der Waals surface area contributed by atoms with Gasteiger partial charge >= 0.3 is 0 Å². The smallest absolute Gasteiger partial charge is 0.246 e. The van der Waals surface area contributed by atoms with E-state index in [0.29, 0.717) is 13.1 Å². The van der Waals surface area contributed by atoms with Crippen molar-refractivity contribution in [3.8, 4) is 0 Å². The molecule has 0 bridgehead atoms. The molecule has 1 aromatic heterocycles. The fourth-order valence-electron chi connectivity index (χ4n) is 1.97. The van der Waals surface area contributed by atoms with Crippen LogP contribution in [0.15, 0.2) is 12.4 Å². The maximum absolute atomic E-state index is 11.8. The Bertz CT molecular complexity index is 402. The molecule has 0 aromatic carbocycles. The van der Waals surface area contributed by atoms with E-state index in [-0.39, 0.29) is 24.3 Å². The molecule has 17 heavy (non-hydrogen) atoms. The van der Waals surface area contributed by atoms with Gasteiger partial charge in [-0.2, -0.15) is 0 Å². The molecule has 2 amide bonds. The van der Waals surface area contributed by atoms with Gasteiger partial charge in [-0.25, -0.2) is 4.98 Å². The molecule has 0 spiro atoms. The molecule has 2 N–H and O–H groups in total. The number of hydrogen-bond acceptors (Lipinski definition) is 4. The standard InChI is InChI=1S/C11H16N4O2/c1-2-15-10(16)7-8(11(15)17)12-4-3-9-13-5-6-14-9/h5-6,8,12H,2-4,7H2,1H3,(H,13,14). The van der Waals surface area contributed by atoms with Gasteiger partial charge in [-0.15, -0.1) is 0 Å². The number of aromatic amines is 1. The molecule has 0 saturated carbocycles. The molecular formula is C11H16N4O2. The minimum Gasteiger partial charge on any atom is -0.349 e. The molecule has 2 rings (SSSR count). The van der Waals surface area contributed by atoms with Crippen LogP contribution in [0.2, 0.25) is 0 Å². The van der Waals surface area contributed by atoms with Crippen LogP contribution < -0.4 is 5.32 Å². The van der Waals surface area contributed by atoms with E-state index in [0.717, 1.165) is 12.2 Å². The summed E-state index contributed by atoms with van der Waals surface area (Å²) in [4.78, 5) is 31.6. The van der Waals surface area contributed by atoms with E-state index < -0.39 is 0 Å². The van der Waals surface area contributed by atoms with Crippen molar-refractivity contribution < 1.29 is 9.59 Å². The average molecular weight is 236 g/mol.